The van der Waals surface area contributed by atoms with Crippen LogP contribution in [0.2, 0.25) is 0 Å². The van der Waals surface area contributed by atoms with Crippen LogP contribution < -0.4 is 10.1 Å². The zero-order valence-corrected chi connectivity index (χ0v) is 16.4. The van der Waals surface area contributed by atoms with Crippen molar-refractivity contribution in [2.75, 3.05) is 0 Å². The maximum atomic E-state index is 5.82. The van der Waals surface area contributed by atoms with E-state index in [0.29, 0.717) is 19.0 Å². The van der Waals surface area contributed by atoms with Gasteiger partial charge in [-0.05, 0) is 30.2 Å². The molecule has 0 saturated carbocycles. The second-order valence-electron chi connectivity index (χ2n) is 7.73. The molecule has 5 nitrogen and oxygen atoms in total. The molecule has 3 aromatic rings. The summed E-state index contributed by atoms with van der Waals surface area (Å²) < 4.78 is 11.2. The van der Waals surface area contributed by atoms with Crippen LogP contribution in [0.25, 0.3) is 0 Å². The van der Waals surface area contributed by atoms with Crippen molar-refractivity contribution in [3.8, 4) is 5.75 Å². The molecule has 1 N–H and O–H groups in total. The molecular weight excluding hydrogens is 338 g/mol. The van der Waals surface area contributed by atoms with Crippen molar-refractivity contribution in [1.82, 2.24) is 15.5 Å². The Balaban J connectivity index is 1.50. The third-order valence-electron chi connectivity index (χ3n) is 4.27. The van der Waals surface area contributed by atoms with Crippen LogP contribution in [0.15, 0.2) is 59.1 Å². The first-order chi connectivity index (χ1) is 12.9. The quantitative estimate of drug-likeness (QED) is 0.652. The third-order valence-corrected chi connectivity index (χ3v) is 4.27. The summed E-state index contributed by atoms with van der Waals surface area (Å²) >= 11 is 0. The predicted molar refractivity (Wildman–Crippen MR) is 105 cm³/mol. The Labute approximate surface area is 160 Å². The van der Waals surface area contributed by atoms with Crippen molar-refractivity contribution in [2.24, 2.45) is 0 Å². The van der Waals surface area contributed by atoms with E-state index < -0.39 is 0 Å². The van der Waals surface area contributed by atoms with Crippen molar-refractivity contribution in [3.05, 3.63) is 77.4 Å². The second-order valence-corrected chi connectivity index (χ2v) is 7.73. The lowest BCUT2D eigenvalue weighted by molar-refractivity contribution is 0.306. The molecule has 0 aliphatic heterocycles. The highest BCUT2D eigenvalue weighted by molar-refractivity contribution is 5.27. The van der Waals surface area contributed by atoms with Gasteiger partial charge in [0.15, 0.2) is 5.82 Å². The van der Waals surface area contributed by atoms with Crippen molar-refractivity contribution in [1.29, 1.82) is 0 Å². The summed E-state index contributed by atoms with van der Waals surface area (Å²) in [5, 5.41) is 7.50. The molecule has 0 saturated heterocycles. The van der Waals surface area contributed by atoms with Gasteiger partial charge in [0.2, 0.25) is 5.89 Å². The fourth-order valence-electron chi connectivity index (χ4n) is 2.52. The third kappa shape index (κ3) is 5.41. The van der Waals surface area contributed by atoms with Crippen LogP contribution in [0.3, 0.4) is 0 Å². The molecule has 3 rings (SSSR count). The number of benzene rings is 2. The van der Waals surface area contributed by atoms with Gasteiger partial charge in [-0.2, -0.15) is 4.98 Å². The highest BCUT2D eigenvalue weighted by Gasteiger charge is 2.22. The zero-order valence-electron chi connectivity index (χ0n) is 16.4. The average molecular weight is 365 g/mol. The normalized spacial score (nSPS) is 12.7. The van der Waals surface area contributed by atoms with Gasteiger partial charge in [0.05, 0.1) is 6.04 Å². The molecule has 0 aliphatic rings. The summed E-state index contributed by atoms with van der Waals surface area (Å²) in [7, 11) is 0. The molecular formula is C22H27N3O2. The van der Waals surface area contributed by atoms with Gasteiger partial charge in [-0.15, -0.1) is 0 Å². The van der Waals surface area contributed by atoms with Gasteiger partial charge in [0.25, 0.3) is 0 Å². The Morgan fingerprint density at radius 1 is 1.00 bits per heavy atom. The fourth-order valence-corrected chi connectivity index (χ4v) is 2.52. The van der Waals surface area contributed by atoms with Crippen molar-refractivity contribution < 1.29 is 9.26 Å². The predicted octanol–water partition coefficient (Wildman–Crippen LogP) is 4.80. The van der Waals surface area contributed by atoms with Crippen LogP contribution in [0.4, 0.5) is 0 Å². The van der Waals surface area contributed by atoms with E-state index in [0.717, 1.165) is 17.1 Å². The first-order valence-electron chi connectivity index (χ1n) is 9.25. The van der Waals surface area contributed by atoms with Gasteiger partial charge in [-0.3, -0.25) is 0 Å². The highest BCUT2D eigenvalue weighted by Crippen LogP contribution is 2.21. The molecule has 1 unspecified atom stereocenters. The summed E-state index contributed by atoms with van der Waals surface area (Å²) in [4.78, 5) is 4.50. The lowest BCUT2D eigenvalue weighted by Gasteiger charge is -2.12. The Morgan fingerprint density at radius 3 is 2.33 bits per heavy atom. The van der Waals surface area contributed by atoms with Gasteiger partial charge in [0.1, 0.15) is 12.4 Å². The summed E-state index contributed by atoms with van der Waals surface area (Å²) in [6, 6.07) is 18.3. The number of hydrogen-bond donors (Lipinski definition) is 1. The minimum absolute atomic E-state index is 0.0115. The molecule has 1 aromatic heterocycles. The molecule has 142 valence electrons. The molecule has 0 spiro atoms. The standard InChI is InChI=1S/C22H27N3O2/c1-16(20-24-21(25-27-20)22(2,3)4)23-14-17-10-12-19(13-11-17)26-15-18-8-6-5-7-9-18/h5-13,16,23H,14-15H2,1-4H3. The number of ether oxygens (including phenoxy) is 1. The Morgan fingerprint density at radius 2 is 1.70 bits per heavy atom. The lowest BCUT2D eigenvalue weighted by Crippen LogP contribution is -2.19. The summed E-state index contributed by atoms with van der Waals surface area (Å²) in [5.74, 6) is 2.20. The van der Waals surface area contributed by atoms with Crippen LogP contribution in [0.5, 0.6) is 5.75 Å². The minimum Gasteiger partial charge on any atom is -0.489 e. The van der Waals surface area contributed by atoms with Crippen LogP contribution in [-0.4, -0.2) is 10.1 Å². The van der Waals surface area contributed by atoms with Crippen molar-refractivity contribution >= 4 is 0 Å². The zero-order chi connectivity index (χ0) is 19.3. The summed E-state index contributed by atoms with van der Waals surface area (Å²) in [5.41, 5.74) is 2.22. The maximum Gasteiger partial charge on any atom is 0.243 e. The van der Waals surface area contributed by atoms with Crippen LogP contribution >= 0.6 is 0 Å². The van der Waals surface area contributed by atoms with Gasteiger partial charge in [0, 0.05) is 12.0 Å². The molecule has 5 heteroatoms. The maximum absolute atomic E-state index is 5.82. The monoisotopic (exact) mass is 365 g/mol. The van der Waals surface area contributed by atoms with Gasteiger partial charge in [-0.1, -0.05) is 68.4 Å². The highest BCUT2D eigenvalue weighted by atomic mass is 16.5. The van der Waals surface area contributed by atoms with Crippen molar-refractivity contribution in [3.63, 3.8) is 0 Å². The molecule has 1 heterocycles. The van der Waals surface area contributed by atoms with Crippen LogP contribution in [0.1, 0.15) is 56.6 Å². The summed E-state index contributed by atoms with van der Waals surface area (Å²) in [6.45, 7) is 9.52. The molecule has 0 bridgehead atoms. The molecule has 1 atom stereocenters. The molecule has 0 radical (unpaired) electrons. The van der Waals surface area contributed by atoms with Crippen LogP contribution in [-0.2, 0) is 18.6 Å². The first-order valence-corrected chi connectivity index (χ1v) is 9.25. The second kappa shape index (κ2) is 8.35. The smallest absolute Gasteiger partial charge is 0.243 e. The van der Waals surface area contributed by atoms with Gasteiger partial charge >= 0.3 is 0 Å². The minimum atomic E-state index is -0.114. The summed E-state index contributed by atoms with van der Waals surface area (Å²) in [6.07, 6.45) is 0. The average Bonchev–Trinajstić information content (AvgIpc) is 3.17. The molecule has 27 heavy (non-hydrogen) atoms. The van der Waals surface area contributed by atoms with E-state index in [4.69, 9.17) is 9.26 Å². The number of aromatic nitrogens is 2. The lowest BCUT2D eigenvalue weighted by atomic mass is 9.96. The Kier molecular flexibility index (Phi) is 5.91. The molecule has 2 aromatic carbocycles. The SMILES string of the molecule is CC(NCc1ccc(OCc2ccccc2)cc1)c1nc(C(C)(C)C)no1. The molecule has 0 fully saturated rings. The van der Waals surface area contributed by atoms with E-state index in [-0.39, 0.29) is 11.5 Å². The largest absolute Gasteiger partial charge is 0.489 e. The van der Waals surface area contributed by atoms with E-state index in [2.05, 4.69) is 60.5 Å². The van der Waals surface area contributed by atoms with Gasteiger partial charge < -0.3 is 14.6 Å². The fraction of sp³-hybridized carbons (Fsp3) is 0.364. The van der Waals surface area contributed by atoms with Crippen molar-refractivity contribution in [2.45, 2.75) is 52.3 Å². The number of nitrogens with zero attached hydrogens (tertiary/aromatic N) is 2. The van der Waals surface area contributed by atoms with Crippen LogP contribution in [0, 0.1) is 0 Å². The number of nitrogens with one attached hydrogen (secondary N) is 1. The van der Waals surface area contributed by atoms with E-state index in [1.807, 2.05) is 37.3 Å². The topological polar surface area (TPSA) is 60.2 Å². The Hall–Kier alpha value is -2.66. The van der Waals surface area contributed by atoms with E-state index >= 15 is 0 Å². The molecule has 0 aliphatic carbocycles. The van der Waals surface area contributed by atoms with E-state index in [1.165, 1.54) is 5.56 Å². The first kappa shape index (κ1) is 19.1. The van der Waals surface area contributed by atoms with E-state index in [1.54, 1.807) is 0 Å². The van der Waals surface area contributed by atoms with Gasteiger partial charge in [-0.25, -0.2) is 0 Å². The van der Waals surface area contributed by atoms with E-state index in [9.17, 15) is 0 Å². The molecule has 0 amide bonds. The Bertz CT molecular complexity index is 836. The number of hydrogen-bond acceptors (Lipinski definition) is 5. The number of rotatable bonds is 7.